The van der Waals surface area contributed by atoms with Crippen molar-refractivity contribution in [2.75, 3.05) is 7.05 Å². The number of aromatic amines is 1. The first-order valence-electron chi connectivity index (χ1n) is 7.38. The van der Waals surface area contributed by atoms with E-state index in [9.17, 15) is 14.9 Å². The van der Waals surface area contributed by atoms with Crippen LogP contribution in [-0.2, 0) is 0 Å². The number of hydrogen-bond acceptors (Lipinski definition) is 3. The summed E-state index contributed by atoms with van der Waals surface area (Å²) >= 11 is 0. The van der Waals surface area contributed by atoms with Crippen LogP contribution in [0.3, 0.4) is 0 Å². The third kappa shape index (κ3) is 2.77. The number of benzene rings is 1. The largest absolute Gasteiger partial charge is 0.465 e. The van der Waals surface area contributed by atoms with Crippen LogP contribution in [0.5, 0.6) is 0 Å². The van der Waals surface area contributed by atoms with Gasteiger partial charge in [-0.1, -0.05) is 6.08 Å². The number of rotatable bonds is 3. The Morgan fingerprint density at radius 2 is 2.26 bits per heavy atom. The van der Waals surface area contributed by atoms with Crippen molar-refractivity contribution in [3.05, 3.63) is 46.1 Å². The topological polar surface area (TPSA) is 99.5 Å². The van der Waals surface area contributed by atoms with E-state index in [1.807, 2.05) is 12.3 Å². The molecule has 1 aromatic heterocycles. The second kappa shape index (κ2) is 5.75. The molecule has 1 heterocycles. The van der Waals surface area contributed by atoms with Crippen LogP contribution >= 0.6 is 0 Å². The summed E-state index contributed by atoms with van der Waals surface area (Å²) in [6, 6.07) is 4.75. The first-order chi connectivity index (χ1) is 11.0. The van der Waals surface area contributed by atoms with Crippen molar-refractivity contribution < 1.29 is 14.8 Å². The molecule has 7 nitrogen and oxygen atoms in total. The van der Waals surface area contributed by atoms with E-state index in [1.165, 1.54) is 11.0 Å². The second-order valence-electron chi connectivity index (χ2n) is 5.74. The lowest BCUT2D eigenvalue weighted by atomic mass is 9.90. The summed E-state index contributed by atoms with van der Waals surface area (Å²) in [7, 11) is 1.58. The molecule has 7 heteroatoms. The molecule has 0 saturated heterocycles. The normalized spacial score (nSPS) is 17.8. The monoisotopic (exact) mass is 315 g/mol. The molecule has 0 radical (unpaired) electrons. The minimum absolute atomic E-state index is 0.0178. The van der Waals surface area contributed by atoms with Crippen molar-refractivity contribution in [1.29, 1.82) is 0 Å². The van der Waals surface area contributed by atoms with Gasteiger partial charge in [-0.25, -0.2) is 4.79 Å². The van der Waals surface area contributed by atoms with Crippen molar-refractivity contribution in [2.45, 2.75) is 25.3 Å². The van der Waals surface area contributed by atoms with Gasteiger partial charge in [-0.15, -0.1) is 0 Å². The van der Waals surface area contributed by atoms with E-state index in [2.05, 4.69) is 4.98 Å². The van der Waals surface area contributed by atoms with Gasteiger partial charge in [0.15, 0.2) is 0 Å². The molecule has 1 aromatic carbocycles. The molecule has 0 bridgehead atoms. The molecule has 0 aliphatic heterocycles. The number of carbonyl (C=O) groups is 1. The van der Waals surface area contributed by atoms with E-state index in [0.717, 1.165) is 34.9 Å². The van der Waals surface area contributed by atoms with Crippen LogP contribution in [0.15, 0.2) is 30.5 Å². The van der Waals surface area contributed by atoms with Gasteiger partial charge in [0.2, 0.25) is 0 Å². The summed E-state index contributed by atoms with van der Waals surface area (Å²) in [5, 5.41) is 20.8. The maximum absolute atomic E-state index is 11.0. The molecule has 0 spiro atoms. The number of nitro benzene ring substituents is 1. The lowest BCUT2D eigenvalue weighted by Crippen LogP contribution is -2.36. The molecule has 1 atom stereocenters. The average molecular weight is 315 g/mol. The van der Waals surface area contributed by atoms with E-state index in [0.29, 0.717) is 6.42 Å². The van der Waals surface area contributed by atoms with Gasteiger partial charge < -0.3 is 15.0 Å². The summed E-state index contributed by atoms with van der Waals surface area (Å²) in [6.07, 6.45) is 5.12. The fraction of sp³-hybridized carbons (Fsp3) is 0.312. The Morgan fingerprint density at radius 3 is 2.87 bits per heavy atom. The van der Waals surface area contributed by atoms with Gasteiger partial charge in [-0.05, 0) is 30.9 Å². The van der Waals surface area contributed by atoms with Crippen LogP contribution in [0, 0.1) is 10.1 Å². The Bertz CT molecular complexity index is 809. The lowest BCUT2D eigenvalue weighted by molar-refractivity contribution is -0.384. The summed E-state index contributed by atoms with van der Waals surface area (Å²) in [4.78, 5) is 26.1. The van der Waals surface area contributed by atoms with Crippen LogP contribution < -0.4 is 0 Å². The molecule has 2 N–H and O–H groups in total. The fourth-order valence-corrected chi connectivity index (χ4v) is 3.06. The Balaban J connectivity index is 1.91. The molecule has 0 saturated carbocycles. The van der Waals surface area contributed by atoms with E-state index in [1.54, 1.807) is 19.2 Å². The van der Waals surface area contributed by atoms with E-state index >= 15 is 0 Å². The molecule has 3 rings (SSSR count). The van der Waals surface area contributed by atoms with Gasteiger partial charge in [0.25, 0.3) is 5.69 Å². The summed E-state index contributed by atoms with van der Waals surface area (Å²) in [5.41, 5.74) is 2.99. The van der Waals surface area contributed by atoms with Crippen molar-refractivity contribution in [3.63, 3.8) is 0 Å². The van der Waals surface area contributed by atoms with Crippen LogP contribution in [-0.4, -0.2) is 39.1 Å². The number of H-pyrrole nitrogens is 1. The average Bonchev–Trinajstić information content (AvgIpc) is 2.97. The van der Waals surface area contributed by atoms with E-state index < -0.39 is 11.0 Å². The standard InChI is InChI=1S/C16H17N3O4/c1-18(16(20)21)11-4-2-10(3-5-11)14-9-17-15-7-6-12(19(22)23)8-13(14)15/h2,6-9,11,17H,3-5H2,1H3,(H,20,21). The van der Waals surface area contributed by atoms with Crippen LogP contribution in [0.2, 0.25) is 0 Å². The number of fused-ring (bicyclic) bond motifs is 1. The van der Waals surface area contributed by atoms with E-state index in [4.69, 9.17) is 5.11 Å². The van der Waals surface area contributed by atoms with Crippen LogP contribution in [0.1, 0.15) is 24.8 Å². The molecule has 23 heavy (non-hydrogen) atoms. The zero-order valence-electron chi connectivity index (χ0n) is 12.7. The Morgan fingerprint density at radius 1 is 1.48 bits per heavy atom. The Labute approximate surface area is 132 Å². The molecular weight excluding hydrogens is 298 g/mol. The number of hydrogen-bond donors (Lipinski definition) is 2. The quantitative estimate of drug-likeness (QED) is 0.667. The van der Waals surface area contributed by atoms with Crippen molar-refractivity contribution >= 4 is 28.3 Å². The number of non-ortho nitro benzene ring substituents is 1. The van der Waals surface area contributed by atoms with Crippen molar-refractivity contribution in [1.82, 2.24) is 9.88 Å². The minimum atomic E-state index is -0.922. The maximum Gasteiger partial charge on any atom is 0.407 e. The van der Waals surface area contributed by atoms with Crippen molar-refractivity contribution in [2.24, 2.45) is 0 Å². The predicted octanol–water partition coefficient (Wildman–Crippen LogP) is 3.62. The molecule has 1 unspecified atom stereocenters. The fourth-order valence-electron chi connectivity index (χ4n) is 3.06. The Hall–Kier alpha value is -2.83. The van der Waals surface area contributed by atoms with Crippen LogP contribution in [0.4, 0.5) is 10.5 Å². The number of nitro groups is 1. The number of aromatic nitrogens is 1. The van der Waals surface area contributed by atoms with Gasteiger partial charge in [0.05, 0.1) is 4.92 Å². The van der Waals surface area contributed by atoms with Gasteiger partial charge >= 0.3 is 6.09 Å². The predicted molar refractivity (Wildman–Crippen MR) is 86.4 cm³/mol. The lowest BCUT2D eigenvalue weighted by Gasteiger charge is -2.28. The number of amides is 1. The summed E-state index contributed by atoms with van der Waals surface area (Å²) in [6.45, 7) is 0. The highest BCUT2D eigenvalue weighted by Crippen LogP contribution is 2.34. The molecule has 120 valence electrons. The third-order valence-corrected chi connectivity index (χ3v) is 4.45. The molecule has 2 aromatic rings. The summed E-state index contributed by atoms with van der Waals surface area (Å²) < 4.78 is 0. The molecular formula is C16H17N3O4. The zero-order valence-corrected chi connectivity index (χ0v) is 12.7. The SMILES string of the molecule is CN(C(=O)O)C1CC=C(c2c[nH]c3ccc([N+](=O)[O-])cc23)CC1. The number of carboxylic acid groups (broad SMARTS) is 1. The maximum atomic E-state index is 11.0. The van der Waals surface area contributed by atoms with Crippen molar-refractivity contribution in [3.8, 4) is 0 Å². The smallest absolute Gasteiger partial charge is 0.407 e. The first kappa shape index (κ1) is 15.1. The number of nitrogens with one attached hydrogen (secondary N) is 1. The van der Waals surface area contributed by atoms with Gasteiger partial charge in [-0.2, -0.15) is 0 Å². The Kier molecular flexibility index (Phi) is 3.77. The van der Waals surface area contributed by atoms with Gasteiger partial charge in [-0.3, -0.25) is 10.1 Å². The summed E-state index contributed by atoms with van der Waals surface area (Å²) in [5.74, 6) is 0. The molecule has 1 aliphatic rings. The highest BCUT2D eigenvalue weighted by molar-refractivity contribution is 5.94. The third-order valence-electron chi connectivity index (χ3n) is 4.45. The molecule has 1 aliphatic carbocycles. The van der Waals surface area contributed by atoms with Crippen LogP contribution in [0.25, 0.3) is 16.5 Å². The second-order valence-corrected chi connectivity index (χ2v) is 5.74. The van der Waals surface area contributed by atoms with Gasteiger partial charge in [0, 0.05) is 47.9 Å². The van der Waals surface area contributed by atoms with Gasteiger partial charge in [0.1, 0.15) is 0 Å². The number of nitrogens with zero attached hydrogens (tertiary/aromatic N) is 2. The minimum Gasteiger partial charge on any atom is -0.465 e. The number of allylic oxidation sites excluding steroid dienone is 1. The molecule has 1 amide bonds. The highest BCUT2D eigenvalue weighted by atomic mass is 16.6. The molecule has 0 fully saturated rings. The highest BCUT2D eigenvalue weighted by Gasteiger charge is 2.23. The van der Waals surface area contributed by atoms with E-state index in [-0.39, 0.29) is 11.7 Å². The zero-order chi connectivity index (χ0) is 16.6. The first-order valence-corrected chi connectivity index (χ1v) is 7.38.